The number of nitro benzene ring substituents is 2. The Balaban J connectivity index is -0.000000523. The average molecular weight is 1010 g/mol. The number of aldehydes is 1. The van der Waals surface area contributed by atoms with E-state index < -0.39 is 40.4 Å². The summed E-state index contributed by atoms with van der Waals surface area (Å²) in [5, 5.41) is 20.8. The van der Waals surface area contributed by atoms with Crippen molar-refractivity contribution in [3.8, 4) is 0 Å². The van der Waals surface area contributed by atoms with Crippen LogP contribution in [-0.4, -0.2) is 46.0 Å². The van der Waals surface area contributed by atoms with Crippen LogP contribution in [0.1, 0.15) is 21.5 Å². The Morgan fingerprint density at radius 1 is 0.721 bits per heavy atom. The number of nitro groups is 2. The number of halogens is 9. The maximum atomic E-state index is 12.8. The monoisotopic (exact) mass is 1010 g/mol. The molecule has 2 radical (unpaired) electrons. The normalized spacial score (nSPS) is 8.86. The van der Waals surface area contributed by atoms with Crippen molar-refractivity contribution in [2.75, 3.05) is 5.73 Å². The second-order valence-corrected chi connectivity index (χ2v) is 16.5. The Morgan fingerprint density at radius 2 is 1.05 bits per heavy atom. The second kappa shape index (κ2) is 24.7. The molecule has 3 aromatic carbocycles. The number of nitrogens with two attached hydrogens (primary N) is 1. The third kappa shape index (κ3) is 19.4. The molecular weight excluding hydrogens is 996 g/mol. The molecule has 0 aromatic heterocycles. The van der Waals surface area contributed by atoms with Crippen molar-refractivity contribution in [2.24, 2.45) is 0 Å². The van der Waals surface area contributed by atoms with Crippen LogP contribution in [0.15, 0.2) is 61.4 Å². The van der Waals surface area contributed by atoms with Crippen LogP contribution in [0.3, 0.4) is 0 Å². The van der Waals surface area contributed by atoms with E-state index in [0.29, 0.717) is 14.6 Å². The van der Waals surface area contributed by atoms with Crippen LogP contribution < -0.4 is 5.73 Å². The van der Waals surface area contributed by atoms with E-state index >= 15 is 0 Å². The molecule has 0 spiro atoms. The fourth-order valence-corrected chi connectivity index (χ4v) is 3.49. The van der Waals surface area contributed by atoms with Gasteiger partial charge in [-0.05, 0) is 118 Å². The van der Waals surface area contributed by atoms with Crippen molar-refractivity contribution in [2.45, 2.75) is 0 Å². The van der Waals surface area contributed by atoms with Gasteiger partial charge in [-0.1, -0.05) is 0 Å². The van der Waals surface area contributed by atoms with Gasteiger partial charge in [0.2, 0.25) is 0 Å². The molecule has 43 heavy (non-hydrogen) atoms. The summed E-state index contributed by atoms with van der Waals surface area (Å²) in [5.74, 6) is -1.47. The summed E-state index contributed by atoms with van der Waals surface area (Å²) in [4.78, 5) is 29.7. The van der Waals surface area contributed by atoms with Gasteiger partial charge in [-0.2, -0.15) is 0 Å². The summed E-state index contributed by atoms with van der Waals surface area (Å²) in [6.07, 6.45) is 3.36. The van der Waals surface area contributed by atoms with Crippen LogP contribution in [0.5, 0.6) is 0 Å². The van der Waals surface area contributed by atoms with Crippen molar-refractivity contribution in [1.82, 2.24) is 0 Å². The molecule has 0 saturated heterocycles. The number of nitrogen functional groups attached to an aromatic ring is 1. The van der Waals surface area contributed by atoms with E-state index in [0.717, 1.165) is 39.8 Å². The SMILES string of the molecule is Nc1ccc(F)cc1C=C(Br)Br.O.O.O=Cc1cc(F)ccc1[N+](=O)[O-].O=[N+]([O-])c1ccc(F)cc1C=C(Br)Br.[Cl][Sn][Cl]. The molecule has 0 heterocycles. The number of hydrogen-bond acceptors (Lipinski definition) is 6. The third-order valence-corrected chi connectivity index (χ3v) is 4.99. The molecule has 0 aliphatic rings. The molecule has 0 atom stereocenters. The van der Waals surface area contributed by atoms with Crippen LogP contribution >= 0.6 is 81.6 Å². The quantitative estimate of drug-likeness (QED) is 0.0880. The number of carbonyl (C=O) groups excluding carboxylic acids is 1. The Bertz CT molecular complexity index is 1440. The van der Waals surface area contributed by atoms with Gasteiger partial charge < -0.3 is 16.7 Å². The molecule has 0 bridgehead atoms. The summed E-state index contributed by atoms with van der Waals surface area (Å²) in [5.41, 5.74) is 6.22. The van der Waals surface area contributed by atoms with Gasteiger partial charge in [0.1, 0.15) is 17.5 Å². The summed E-state index contributed by atoms with van der Waals surface area (Å²) >= 11 is 11.6. The van der Waals surface area contributed by atoms with E-state index in [9.17, 15) is 38.2 Å². The first-order valence-electron chi connectivity index (χ1n) is 10.1. The number of hydrogen-bond donors (Lipinski definition) is 1. The molecule has 0 unspecified atom stereocenters. The van der Waals surface area contributed by atoms with Crippen molar-refractivity contribution in [1.29, 1.82) is 0 Å². The molecule has 10 nitrogen and oxygen atoms in total. The van der Waals surface area contributed by atoms with E-state index in [1.165, 1.54) is 24.3 Å². The van der Waals surface area contributed by atoms with Crippen LogP contribution in [0.25, 0.3) is 12.2 Å². The van der Waals surface area contributed by atoms with Gasteiger partial charge in [0.25, 0.3) is 11.4 Å². The number of carbonyl (C=O) groups is 1. The number of benzene rings is 3. The molecule has 0 amide bonds. The topological polar surface area (TPSA) is 192 Å². The van der Waals surface area contributed by atoms with Crippen molar-refractivity contribution in [3.63, 3.8) is 0 Å². The molecule has 3 aromatic rings. The average Bonchev–Trinajstić information content (AvgIpc) is 2.86. The Morgan fingerprint density at radius 3 is 1.42 bits per heavy atom. The molecule has 0 fully saturated rings. The molecule has 0 aliphatic heterocycles. The van der Waals surface area contributed by atoms with Crippen molar-refractivity contribution >= 4 is 136 Å². The van der Waals surface area contributed by atoms with Crippen LogP contribution in [0.2, 0.25) is 0 Å². The van der Waals surface area contributed by atoms with Gasteiger partial charge in [-0.15, -0.1) is 0 Å². The minimum absolute atomic E-state index is 0. The van der Waals surface area contributed by atoms with Gasteiger partial charge in [0.15, 0.2) is 6.29 Å². The first-order valence-corrected chi connectivity index (χ1v) is 20.5. The molecule has 234 valence electrons. The fraction of sp³-hybridized carbons (Fsp3) is 0. The zero-order chi connectivity index (χ0) is 31.7. The first kappa shape index (κ1) is 45.8. The predicted molar refractivity (Wildman–Crippen MR) is 179 cm³/mol. The molecule has 20 heteroatoms. The van der Waals surface area contributed by atoms with Gasteiger partial charge >= 0.3 is 36.7 Å². The summed E-state index contributed by atoms with van der Waals surface area (Å²) in [7, 11) is 9.87. The first-order chi connectivity index (χ1) is 19.2. The third-order valence-electron chi connectivity index (χ3n) is 4.08. The van der Waals surface area contributed by atoms with Crippen LogP contribution in [-0.2, 0) is 0 Å². The summed E-state index contributed by atoms with van der Waals surface area (Å²) in [6, 6.07) is 10.2. The van der Waals surface area contributed by atoms with E-state index in [1.807, 2.05) is 0 Å². The predicted octanol–water partition coefficient (Wildman–Crippen LogP) is 8.21. The molecular formula is C23H18Br4Cl2F3N3O7Sn. The minimum atomic E-state index is -0.826. The zero-order valence-electron chi connectivity index (χ0n) is 20.8. The Hall–Kier alpha value is -1.58. The number of rotatable bonds is 5. The van der Waals surface area contributed by atoms with Gasteiger partial charge in [-0.3, -0.25) is 25.0 Å². The van der Waals surface area contributed by atoms with Crippen molar-refractivity contribution < 1.29 is 38.8 Å². The van der Waals surface area contributed by atoms with Gasteiger partial charge in [0, 0.05) is 23.4 Å². The van der Waals surface area contributed by atoms with Crippen LogP contribution in [0, 0.1) is 37.7 Å². The van der Waals surface area contributed by atoms with E-state index in [1.54, 1.807) is 6.08 Å². The Labute approximate surface area is 293 Å². The molecule has 0 aliphatic carbocycles. The van der Waals surface area contributed by atoms with Crippen LogP contribution in [0.4, 0.5) is 30.2 Å². The Kier molecular flexibility index (Phi) is 26.3. The van der Waals surface area contributed by atoms with Crippen molar-refractivity contribution in [3.05, 3.63) is 116 Å². The maximum absolute atomic E-state index is 12.8. The molecule has 0 saturated carbocycles. The summed E-state index contributed by atoms with van der Waals surface area (Å²) in [6.45, 7) is 0. The fourth-order valence-electron chi connectivity index (χ4n) is 2.50. The molecule has 3 rings (SSSR count). The molecule has 6 N–H and O–H groups in total. The van der Waals surface area contributed by atoms with E-state index in [2.05, 4.69) is 63.7 Å². The number of nitrogens with zero attached hydrogens (tertiary/aromatic N) is 2. The van der Waals surface area contributed by atoms with E-state index in [-0.39, 0.29) is 45.6 Å². The van der Waals surface area contributed by atoms with E-state index in [4.69, 9.17) is 23.6 Å². The van der Waals surface area contributed by atoms with Gasteiger partial charge in [-0.25, -0.2) is 13.2 Å². The zero-order valence-corrected chi connectivity index (χ0v) is 31.6. The second-order valence-electron chi connectivity index (χ2n) is 6.75. The summed E-state index contributed by atoms with van der Waals surface area (Å²) < 4.78 is 39.1. The number of anilines is 1. The standard InChI is InChI=1S/C8H4Br2FNO2.C8H6Br2FN.C7H4FNO3.2ClH.2H2O.Sn/c9-8(10)4-5-3-6(11)1-2-7(5)12(13)14;9-8(10)4-5-3-6(11)1-2-7(5)12;8-6-1-2-7(9(11)12)5(3-6)4-10;;;;;/h1-4H;1-4H,12H2;1-4H;2*1H;2*1H2;/q;;;;;;;+2/p-2. The van der Waals surface area contributed by atoms with Gasteiger partial charge in [0.05, 0.1) is 27.8 Å².